The van der Waals surface area contributed by atoms with Crippen molar-refractivity contribution in [3.63, 3.8) is 0 Å². The van der Waals surface area contributed by atoms with Crippen LogP contribution in [0.3, 0.4) is 0 Å². The van der Waals surface area contributed by atoms with Crippen LogP contribution in [-0.4, -0.2) is 24.4 Å². The summed E-state index contributed by atoms with van der Waals surface area (Å²) in [7, 11) is 1.85. The molecule has 0 bridgehead atoms. The van der Waals surface area contributed by atoms with Crippen LogP contribution in [0.1, 0.15) is 29.5 Å². The Morgan fingerprint density at radius 2 is 2.06 bits per heavy atom. The first kappa shape index (κ1) is 13.7. The fourth-order valence-electron chi connectivity index (χ4n) is 1.81. The molecule has 94 valence electrons. The number of hydrogen-bond donors (Lipinski definition) is 1. The van der Waals surface area contributed by atoms with E-state index in [4.69, 9.17) is 5.73 Å². The first-order valence-electron chi connectivity index (χ1n) is 6.04. The van der Waals surface area contributed by atoms with Crippen LogP contribution in [0.2, 0.25) is 0 Å². The maximum Gasteiger partial charge on any atom is 0.222 e. The zero-order valence-corrected chi connectivity index (χ0v) is 11.0. The molecule has 0 saturated carbocycles. The van der Waals surface area contributed by atoms with Crippen LogP contribution in [0.5, 0.6) is 0 Å². The molecule has 0 fully saturated rings. The smallest absolute Gasteiger partial charge is 0.222 e. The Bertz CT molecular complexity index is 388. The van der Waals surface area contributed by atoms with Gasteiger partial charge in [-0.2, -0.15) is 0 Å². The molecule has 1 aromatic rings. The molecule has 3 nitrogen and oxygen atoms in total. The zero-order valence-electron chi connectivity index (χ0n) is 11.0. The molecule has 0 aliphatic heterocycles. The van der Waals surface area contributed by atoms with E-state index in [0.717, 1.165) is 6.42 Å². The molecule has 1 amide bonds. The van der Waals surface area contributed by atoms with Crippen molar-refractivity contribution in [2.45, 2.75) is 33.2 Å². The minimum absolute atomic E-state index is 0.162. The predicted molar refractivity (Wildman–Crippen MR) is 70.7 cm³/mol. The minimum atomic E-state index is 0.162. The number of nitrogens with zero attached hydrogens (tertiary/aromatic N) is 1. The SMILES string of the molecule is Cc1ccc(CN(C)C(=O)CCCN)c(C)c1. The molecule has 0 aromatic heterocycles. The highest BCUT2D eigenvalue weighted by Crippen LogP contribution is 2.13. The summed E-state index contributed by atoms with van der Waals surface area (Å²) < 4.78 is 0. The van der Waals surface area contributed by atoms with Gasteiger partial charge in [-0.1, -0.05) is 23.8 Å². The van der Waals surface area contributed by atoms with Gasteiger partial charge in [-0.3, -0.25) is 4.79 Å². The van der Waals surface area contributed by atoms with Gasteiger partial charge in [0.15, 0.2) is 0 Å². The van der Waals surface area contributed by atoms with Gasteiger partial charge < -0.3 is 10.6 Å². The van der Waals surface area contributed by atoms with Gasteiger partial charge in [0.2, 0.25) is 5.91 Å². The van der Waals surface area contributed by atoms with E-state index in [-0.39, 0.29) is 5.91 Å². The Balaban J connectivity index is 2.61. The van der Waals surface area contributed by atoms with Crippen LogP contribution >= 0.6 is 0 Å². The summed E-state index contributed by atoms with van der Waals surface area (Å²) in [4.78, 5) is 13.5. The second-order valence-corrected chi connectivity index (χ2v) is 4.57. The van der Waals surface area contributed by atoms with Gasteiger partial charge in [-0.25, -0.2) is 0 Å². The monoisotopic (exact) mass is 234 g/mol. The van der Waals surface area contributed by atoms with Crippen LogP contribution in [0.4, 0.5) is 0 Å². The highest BCUT2D eigenvalue weighted by molar-refractivity contribution is 5.75. The quantitative estimate of drug-likeness (QED) is 0.847. The highest BCUT2D eigenvalue weighted by atomic mass is 16.2. The molecule has 0 saturated heterocycles. The molecule has 17 heavy (non-hydrogen) atoms. The van der Waals surface area contributed by atoms with Gasteiger partial charge in [0.25, 0.3) is 0 Å². The lowest BCUT2D eigenvalue weighted by molar-refractivity contribution is -0.130. The van der Waals surface area contributed by atoms with E-state index in [2.05, 4.69) is 32.0 Å². The van der Waals surface area contributed by atoms with Crippen LogP contribution in [0.15, 0.2) is 18.2 Å². The molecule has 1 rings (SSSR count). The molecular formula is C14H22N2O. The molecule has 3 heteroatoms. The predicted octanol–water partition coefficient (Wildman–Crippen LogP) is 2.00. The van der Waals surface area contributed by atoms with Crippen molar-refractivity contribution in [2.24, 2.45) is 5.73 Å². The normalized spacial score (nSPS) is 10.4. The first-order chi connectivity index (χ1) is 8.04. The summed E-state index contributed by atoms with van der Waals surface area (Å²) in [6, 6.07) is 6.32. The standard InChI is InChI=1S/C14H22N2O/c1-11-6-7-13(12(2)9-11)10-16(3)14(17)5-4-8-15/h6-7,9H,4-5,8,10,15H2,1-3H3. The van der Waals surface area contributed by atoms with Crippen LogP contribution in [0, 0.1) is 13.8 Å². The van der Waals surface area contributed by atoms with Crippen molar-refractivity contribution in [3.8, 4) is 0 Å². The van der Waals surface area contributed by atoms with Gasteiger partial charge in [0, 0.05) is 20.0 Å². The molecule has 0 aliphatic carbocycles. The number of nitrogens with two attached hydrogens (primary N) is 1. The summed E-state index contributed by atoms with van der Waals surface area (Å²) in [6.45, 7) is 5.41. The summed E-state index contributed by atoms with van der Waals surface area (Å²) in [5.41, 5.74) is 9.10. The maximum absolute atomic E-state index is 11.8. The molecule has 0 aliphatic rings. The third kappa shape index (κ3) is 4.19. The van der Waals surface area contributed by atoms with Gasteiger partial charge in [0.1, 0.15) is 0 Å². The van der Waals surface area contributed by atoms with Crippen LogP contribution in [-0.2, 0) is 11.3 Å². The van der Waals surface area contributed by atoms with Crippen molar-refractivity contribution in [2.75, 3.05) is 13.6 Å². The third-order valence-electron chi connectivity index (χ3n) is 2.93. The summed E-state index contributed by atoms with van der Waals surface area (Å²) in [6.07, 6.45) is 1.30. The van der Waals surface area contributed by atoms with Crippen molar-refractivity contribution >= 4 is 5.91 Å². The number of amides is 1. The number of hydrogen-bond acceptors (Lipinski definition) is 2. The van der Waals surface area contributed by atoms with E-state index in [1.165, 1.54) is 16.7 Å². The topological polar surface area (TPSA) is 46.3 Å². The Kier molecular flexibility index (Phi) is 5.16. The van der Waals surface area contributed by atoms with Crippen LogP contribution in [0.25, 0.3) is 0 Å². The fourth-order valence-corrected chi connectivity index (χ4v) is 1.81. The second-order valence-electron chi connectivity index (χ2n) is 4.57. The maximum atomic E-state index is 11.8. The van der Waals surface area contributed by atoms with Crippen molar-refractivity contribution in [3.05, 3.63) is 34.9 Å². The summed E-state index contributed by atoms with van der Waals surface area (Å²) in [5.74, 6) is 0.162. The summed E-state index contributed by atoms with van der Waals surface area (Å²) >= 11 is 0. The van der Waals surface area contributed by atoms with Crippen LogP contribution < -0.4 is 5.73 Å². The number of aryl methyl sites for hydroxylation is 2. The van der Waals surface area contributed by atoms with Gasteiger partial charge in [-0.05, 0) is 37.9 Å². The molecule has 0 radical (unpaired) electrons. The average Bonchev–Trinajstić information content (AvgIpc) is 2.29. The average molecular weight is 234 g/mol. The zero-order chi connectivity index (χ0) is 12.8. The van der Waals surface area contributed by atoms with Gasteiger partial charge in [0.05, 0.1) is 0 Å². The van der Waals surface area contributed by atoms with E-state index in [9.17, 15) is 4.79 Å². The van der Waals surface area contributed by atoms with E-state index in [1.54, 1.807) is 4.90 Å². The lowest BCUT2D eigenvalue weighted by Crippen LogP contribution is -2.26. The van der Waals surface area contributed by atoms with E-state index < -0.39 is 0 Å². The second kappa shape index (κ2) is 6.40. The van der Waals surface area contributed by atoms with E-state index in [1.807, 2.05) is 7.05 Å². The molecule has 0 heterocycles. The third-order valence-corrected chi connectivity index (χ3v) is 2.93. The molecular weight excluding hydrogens is 212 g/mol. The number of benzene rings is 1. The van der Waals surface area contributed by atoms with Gasteiger partial charge >= 0.3 is 0 Å². The molecule has 1 aromatic carbocycles. The first-order valence-corrected chi connectivity index (χ1v) is 6.04. The molecule has 0 spiro atoms. The molecule has 0 atom stereocenters. The number of carbonyl (C=O) groups excluding carboxylic acids is 1. The number of carbonyl (C=O) groups is 1. The highest BCUT2D eigenvalue weighted by Gasteiger charge is 2.09. The molecule has 2 N–H and O–H groups in total. The van der Waals surface area contributed by atoms with Crippen molar-refractivity contribution in [1.29, 1.82) is 0 Å². The lowest BCUT2D eigenvalue weighted by atomic mass is 10.1. The Hall–Kier alpha value is -1.35. The Morgan fingerprint density at radius 3 is 2.65 bits per heavy atom. The van der Waals surface area contributed by atoms with Gasteiger partial charge in [-0.15, -0.1) is 0 Å². The van der Waals surface area contributed by atoms with Crippen molar-refractivity contribution in [1.82, 2.24) is 4.90 Å². The number of rotatable bonds is 5. The molecule has 0 unspecified atom stereocenters. The van der Waals surface area contributed by atoms with Crippen molar-refractivity contribution < 1.29 is 4.79 Å². The fraction of sp³-hybridized carbons (Fsp3) is 0.500. The van der Waals surface area contributed by atoms with E-state index in [0.29, 0.717) is 19.5 Å². The Morgan fingerprint density at radius 1 is 1.35 bits per heavy atom. The van der Waals surface area contributed by atoms with E-state index >= 15 is 0 Å². The lowest BCUT2D eigenvalue weighted by Gasteiger charge is -2.18. The summed E-state index contributed by atoms with van der Waals surface area (Å²) in [5, 5.41) is 0. The Labute approximate surface area is 104 Å². The largest absolute Gasteiger partial charge is 0.341 e. The minimum Gasteiger partial charge on any atom is -0.341 e.